The molecule has 33 heavy (non-hydrogen) atoms. The molecule has 1 N–H and O–H groups in total. The van der Waals surface area contributed by atoms with Gasteiger partial charge in [0.15, 0.2) is 5.78 Å². The number of hydrogen-bond donors (Lipinski definition) is 1. The molecule has 2 aliphatic rings. The number of carbonyl (C=O) groups excluding carboxylic acids is 1. The largest absolute Gasteiger partial charge is 0.385 e. The molecule has 174 valence electrons. The van der Waals surface area contributed by atoms with E-state index in [0.717, 1.165) is 64.3 Å². The fraction of sp³-hybridized carbons (Fsp3) is 0.462. The van der Waals surface area contributed by atoms with E-state index >= 15 is 0 Å². The van der Waals surface area contributed by atoms with Gasteiger partial charge in [-0.2, -0.15) is 5.26 Å². The summed E-state index contributed by atoms with van der Waals surface area (Å²) in [4.78, 5) is 17.2. The zero-order chi connectivity index (χ0) is 23.0. The molecule has 0 amide bonds. The van der Waals surface area contributed by atoms with E-state index in [0.29, 0.717) is 17.5 Å². The maximum atomic E-state index is 13.0. The van der Waals surface area contributed by atoms with Crippen LogP contribution in [0.1, 0.15) is 35.2 Å². The van der Waals surface area contributed by atoms with E-state index in [1.54, 1.807) is 12.1 Å². The first-order valence-electron chi connectivity index (χ1n) is 11.7. The van der Waals surface area contributed by atoms with Gasteiger partial charge in [0, 0.05) is 56.9 Å². The maximum Gasteiger partial charge on any atom is 0.162 e. The zero-order valence-electron chi connectivity index (χ0n) is 18.9. The summed E-state index contributed by atoms with van der Waals surface area (Å²) in [5.41, 5.74) is 2.30. The summed E-state index contributed by atoms with van der Waals surface area (Å²) in [5, 5.41) is 12.3. The molecule has 2 unspecified atom stereocenters. The molecule has 2 heterocycles. The Hall–Kier alpha value is -2.79. The molecule has 2 fully saturated rings. The highest BCUT2D eigenvalue weighted by molar-refractivity contribution is 5.95. The van der Waals surface area contributed by atoms with Crippen LogP contribution in [-0.4, -0.2) is 73.6 Å². The van der Waals surface area contributed by atoms with Gasteiger partial charge in [-0.3, -0.25) is 14.6 Å². The number of ether oxygens (including phenoxy) is 1. The number of hydrogen-bond acceptors (Lipinski definition) is 6. The standard InChI is InChI=1S/C26H31FN4O2/c27-22-8-6-21(7-9-22)26(32)3-1-13-30-16-24-18-31(19-25(17-30)33-24)14-2-12-29-23-10-4-20(15-28)5-11-23/h4-11,24-25,29H,1-3,12-14,16-19H2. The van der Waals surface area contributed by atoms with Crippen LogP contribution in [0.25, 0.3) is 0 Å². The number of rotatable bonds is 10. The molecule has 0 aromatic heterocycles. The predicted octanol–water partition coefficient (Wildman–Crippen LogP) is 3.55. The lowest BCUT2D eigenvalue weighted by Gasteiger charge is -2.46. The minimum absolute atomic E-state index is 0.0734. The molecule has 2 aromatic carbocycles. The third-order valence-electron chi connectivity index (χ3n) is 6.27. The van der Waals surface area contributed by atoms with Crippen LogP contribution in [0.5, 0.6) is 0 Å². The first kappa shape index (κ1) is 23.4. The molecule has 2 atom stereocenters. The second kappa shape index (κ2) is 11.4. The number of fused-ring (bicyclic) bond motifs is 2. The number of nitrogens with one attached hydrogen (secondary N) is 1. The average molecular weight is 451 g/mol. The molecule has 0 radical (unpaired) electrons. The van der Waals surface area contributed by atoms with Crippen molar-refractivity contribution in [3.05, 3.63) is 65.5 Å². The Labute approximate surface area is 194 Å². The molecule has 2 aromatic rings. The number of nitriles is 1. The van der Waals surface area contributed by atoms with Gasteiger partial charge in [0.2, 0.25) is 0 Å². The van der Waals surface area contributed by atoms with Gasteiger partial charge in [-0.15, -0.1) is 0 Å². The van der Waals surface area contributed by atoms with Crippen molar-refractivity contribution in [2.75, 3.05) is 51.1 Å². The van der Waals surface area contributed by atoms with Crippen molar-refractivity contribution in [1.82, 2.24) is 9.80 Å². The van der Waals surface area contributed by atoms with Gasteiger partial charge in [0.05, 0.1) is 23.8 Å². The second-order valence-electron chi connectivity index (χ2n) is 8.90. The summed E-state index contributed by atoms with van der Waals surface area (Å²) in [5.74, 6) is -0.243. The van der Waals surface area contributed by atoms with E-state index in [1.807, 2.05) is 24.3 Å². The van der Waals surface area contributed by atoms with Gasteiger partial charge >= 0.3 is 0 Å². The number of benzene rings is 2. The van der Waals surface area contributed by atoms with Crippen molar-refractivity contribution < 1.29 is 13.9 Å². The number of ketones is 1. The maximum absolute atomic E-state index is 13.0. The van der Waals surface area contributed by atoms with Gasteiger partial charge in [0.1, 0.15) is 5.82 Å². The molecule has 2 aliphatic heterocycles. The van der Waals surface area contributed by atoms with Crippen LogP contribution in [-0.2, 0) is 4.74 Å². The Bertz CT molecular complexity index is 944. The summed E-state index contributed by atoms with van der Waals surface area (Å²) in [7, 11) is 0. The summed E-state index contributed by atoms with van der Waals surface area (Å²) >= 11 is 0. The van der Waals surface area contributed by atoms with E-state index in [1.165, 1.54) is 12.1 Å². The first-order valence-corrected chi connectivity index (χ1v) is 11.7. The highest BCUT2D eigenvalue weighted by Gasteiger charge is 2.34. The predicted molar refractivity (Wildman–Crippen MR) is 126 cm³/mol. The molecule has 6 nitrogen and oxygen atoms in total. The van der Waals surface area contributed by atoms with Gasteiger partial charge in [-0.25, -0.2) is 4.39 Å². The topological polar surface area (TPSA) is 68.6 Å². The van der Waals surface area contributed by atoms with Crippen LogP contribution in [0.15, 0.2) is 48.5 Å². The number of Topliss-reactive ketones (excluding diaryl/α,β-unsaturated/α-hetero) is 1. The quantitative estimate of drug-likeness (QED) is 0.441. The Morgan fingerprint density at radius 2 is 1.58 bits per heavy atom. The third-order valence-corrected chi connectivity index (χ3v) is 6.27. The van der Waals surface area contributed by atoms with Crippen molar-refractivity contribution in [1.29, 1.82) is 5.26 Å². The van der Waals surface area contributed by atoms with Crippen LogP contribution in [0, 0.1) is 17.1 Å². The van der Waals surface area contributed by atoms with Gasteiger partial charge < -0.3 is 10.1 Å². The van der Waals surface area contributed by atoms with Crippen LogP contribution < -0.4 is 5.32 Å². The summed E-state index contributed by atoms with van der Waals surface area (Å²) < 4.78 is 19.2. The number of morpholine rings is 2. The lowest BCUT2D eigenvalue weighted by molar-refractivity contribution is -0.138. The van der Waals surface area contributed by atoms with Crippen LogP contribution in [0.4, 0.5) is 10.1 Å². The lowest BCUT2D eigenvalue weighted by atomic mass is 10.1. The first-order chi connectivity index (χ1) is 16.1. The molecule has 7 heteroatoms. The lowest BCUT2D eigenvalue weighted by Crippen LogP contribution is -2.59. The minimum Gasteiger partial charge on any atom is -0.385 e. The van der Waals surface area contributed by atoms with Crippen molar-refractivity contribution in [3.8, 4) is 6.07 Å². The third kappa shape index (κ3) is 6.84. The van der Waals surface area contributed by atoms with Gasteiger partial charge in [-0.1, -0.05) is 0 Å². The molecular weight excluding hydrogens is 419 g/mol. The average Bonchev–Trinajstić information content (AvgIpc) is 2.82. The monoisotopic (exact) mass is 450 g/mol. The minimum atomic E-state index is -0.317. The summed E-state index contributed by atoms with van der Waals surface area (Å²) in [6.07, 6.45) is 2.78. The van der Waals surface area contributed by atoms with Crippen molar-refractivity contribution >= 4 is 11.5 Å². The number of halogens is 1. The smallest absolute Gasteiger partial charge is 0.162 e. The van der Waals surface area contributed by atoms with Crippen molar-refractivity contribution in [3.63, 3.8) is 0 Å². The normalized spacial score (nSPS) is 20.8. The Morgan fingerprint density at radius 3 is 2.18 bits per heavy atom. The van der Waals surface area contributed by atoms with E-state index < -0.39 is 0 Å². The molecule has 2 saturated heterocycles. The second-order valence-corrected chi connectivity index (χ2v) is 8.90. The number of anilines is 1. The van der Waals surface area contributed by atoms with E-state index in [9.17, 15) is 9.18 Å². The highest BCUT2D eigenvalue weighted by Crippen LogP contribution is 2.20. The number of carbonyl (C=O) groups is 1. The van der Waals surface area contributed by atoms with Crippen LogP contribution >= 0.6 is 0 Å². The van der Waals surface area contributed by atoms with Gasteiger partial charge in [0.25, 0.3) is 0 Å². The van der Waals surface area contributed by atoms with E-state index in [-0.39, 0.29) is 23.8 Å². The van der Waals surface area contributed by atoms with Crippen LogP contribution in [0.2, 0.25) is 0 Å². The van der Waals surface area contributed by atoms with Crippen molar-refractivity contribution in [2.45, 2.75) is 31.5 Å². The fourth-order valence-electron chi connectivity index (χ4n) is 4.67. The Kier molecular flexibility index (Phi) is 8.05. The zero-order valence-corrected chi connectivity index (χ0v) is 18.9. The summed E-state index contributed by atoms with van der Waals surface area (Å²) in [6, 6.07) is 15.5. The van der Waals surface area contributed by atoms with Gasteiger partial charge in [-0.05, 0) is 67.9 Å². The summed E-state index contributed by atoms with van der Waals surface area (Å²) in [6.45, 7) is 6.51. The van der Waals surface area contributed by atoms with Crippen LogP contribution in [0.3, 0.4) is 0 Å². The molecule has 4 rings (SSSR count). The Morgan fingerprint density at radius 1 is 0.970 bits per heavy atom. The number of nitrogens with zero attached hydrogens (tertiary/aromatic N) is 3. The molecule has 0 spiro atoms. The molecule has 2 bridgehead atoms. The Balaban J connectivity index is 1.13. The molecular formula is C26H31FN4O2. The van der Waals surface area contributed by atoms with E-state index in [4.69, 9.17) is 10.00 Å². The van der Waals surface area contributed by atoms with E-state index in [2.05, 4.69) is 21.2 Å². The fourth-order valence-corrected chi connectivity index (χ4v) is 4.67. The molecule has 0 aliphatic carbocycles. The SMILES string of the molecule is N#Cc1ccc(NCCCN2CC3CN(CCCC(=O)c4ccc(F)cc4)CC(C2)O3)cc1. The molecule has 0 saturated carbocycles. The van der Waals surface area contributed by atoms with Crippen molar-refractivity contribution in [2.24, 2.45) is 0 Å². The highest BCUT2D eigenvalue weighted by atomic mass is 19.1.